The van der Waals surface area contributed by atoms with Crippen LogP contribution in [0.1, 0.15) is 58.8 Å². The molecule has 3 heteroatoms. The number of aliphatic hydroxyl groups is 1. The van der Waals surface area contributed by atoms with Crippen LogP contribution < -0.4 is 5.32 Å². The van der Waals surface area contributed by atoms with E-state index in [0.29, 0.717) is 18.1 Å². The predicted molar refractivity (Wildman–Crippen MR) is 75.7 cm³/mol. The molecule has 18 heavy (non-hydrogen) atoms. The first-order chi connectivity index (χ1) is 8.68. The number of aliphatic hydroxyl groups excluding tert-OH is 1. The average Bonchev–Trinajstić information content (AvgIpc) is 2.38. The van der Waals surface area contributed by atoms with Crippen LogP contribution in [0.4, 0.5) is 0 Å². The first-order valence-corrected chi connectivity index (χ1v) is 7.85. The van der Waals surface area contributed by atoms with Crippen molar-refractivity contribution in [1.82, 2.24) is 10.2 Å². The highest BCUT2D eigenvalue weighted by Gasteiger charge is 2.31. The van der Waals surface area contributed by atoms with Crippen LogP contribution in [0, 0.1) is 0 Å². The minimum absolute atomic E-state index is 0.107. The van der Waals surface area contributed by atoms with Gasteiger partial charge in [-0.05, 0) is 46.1 Å². The second kappa shape index (κ2) is 6.88. The third kappa shape index (κ3) is 3.69. The first kappa shape index (κ1) is 14.3. The van der Waals surface area contributed by atoms with Gasteiger partial charge in [0, 0.05) is 24.7 Å². The Balaban J connectivity index is 1.93. The van der Waals surface area contributed by atoms with E-state index < -0.39 is 0 Å². The lowest BCUT2D eigenvalue weighted by atomic mass is 9.90. The molecule has 1 heterocycles. The Morgan fingerprint density at radius 2 is 1.83 bits per heavy atom. The van der Waals surface area contributed by atoms with E-state index in [1.165, 1.54) is 45.1 Å². The van der Waals surface area contributed by atoms with Gasteiger partial charge in [-0.3, -0.25) is 4.90 Å². The molecule has 1 aliphatic heterocycles. The van der Waals surface area contributed by atoms with E-state index in [0.717, 1.165) is 13.0 Å². The van der Waals surface area contributed by atoms with Crippen molar-refractivity contribution >= 4 is 0 Å². The van der Waals surface area contributed by atoms with Crippen LogP contribution in [0.25, 0.3) is 0 Å². The molecule has 0 spiro atoms. The van der Waals surface area contributed by atoms with Crippen LogP contribution in [0.5, 0.6) is 0 Å². The van der Waals surface area contributed by atoms with E-state index in [2.05, 4.69) is 24.1 Å². The van der Waals surface area contributed by atoms with Crippen LogP contribution in [-0.2, 0) is 0 Å². The minimum Gasteiger partial charge on any atom is -0.391 e. The number of hydrogen-bond acceptors (Lipinski definition) is 3. The largest absolute Gasteiger partial charge is 0.391 e. The number of nitrogens with zero attached hydrogens (tertiary/aromatic N) is 1. The number of hydrogen-bond donors (Lipinski definition) is 2. The third-order valence-electron chi connectivity index (χ3n) is 4.63. The lowest BCUT2D eigenvalue weighted by Crippen LogP contribution is -2.54. The maximum absolute atomic E-state index is 10.3. The minimum atomic E-state index is -0.107. The summed E-state index contributed by atoms with van der Waals surface area (Å²) in [6.45, 7) is 6.82. The van der Waals surface area contributed by atoms with Crippen LogP contribution in [0.3, 0.4) is 0 Å². The van der Waals surface area contributed by atoms with E-state index in [4.69, 9.17) is 0 Å². The fraction of sp³-hybridized carbons (Fsp3) is 1.00. The van der Waals surface area contributed by atoms with Gasteiger partial charge >= 0.3 is 0 Å². The van der Waals surface area contributed by atoms with Gasteiger partial charge in [0.25, 0.3) is 0 Å². The van der Waals surface area contributed by atoms with Gasteiger partial charge in [0.2, 0.25) is 0 Å². The van der Waals surface area contributed by atoms with Crippen molar-refractivity contribution in [3.63, 3.8) is 0 Å². The molecule has 106 valence electrons. The monoisotopic (exact) mass is 254 g/mol. The summed E-state index contributed by atoms with van der Waals surface area (Å²) in [5, 5.41) is 13.9. The zero-order valence-electron chi connectivity index (χ0n) is 12.1. The average molecular weight is 254 g/mol. The van der Waals surface area contributed by atoms with Crippen LogP contribution in [0.15, 0.2) is 0 Å². The SMILES string of the molecule is CC(C)N(CC1CCCCN1)C1CCCCC1O. The zero-order chi connectivity index (χ0) is 13.0. The standard InChI is InChI=1S/C15H30N2O/c1-12(2)17(11-13-7-5-6-10-16-13)14-8-3-4-9-15(14)18/h12-16,18H,3-11H2,1-2H3. The van der Waals surface area contributed by atoms with Crippen molar-refractivity contribution in [3.05, 3.63) is 0 Å². The summed E-state index contributed by atoms with van der Waals surface area (Å²) in [5.41, 5.74) is 0. The molecule has 1 saturated carbocycles. The van der Waals surface area contributed by atoms with Gasteiger partial charge in [0.15, 0.2) is 0 Å². The molecule has 0 aromatic heterocycles. The number of rotatable bonds is 4. The second-order valence-electron chi connectivity index (χ2n) is 6.36. The maximum Gasteiger partial charge on any atom is 0.0695 e. The summed E-state index contributed by atoms with van der Waals surface area (Å²) >= 11 is 0. The molecule has 1 saturated heterocycles. The fourth-order valence-electron chi connectivity index (χ4n) is 3.54. The van der Waals surface area contributed by atoms with Crippen molar-refractivity contribution in [2.24, 2.45) is 0 Å². The number of nitrogens with one attached hydrogen (secondary N) is 1. The molecular weight excluding hydrogens is 224 g/mol. The lowest BCUT2D eigenvalue weighted by Gasteiger charge is -2.42. The molecule has 2 fully saturated rings. The molecule has 1 aliphatic carbocycles. The molecular formula is C15H30N2O. The van der Waals surface area contributed by atoms with E-state index >= 15 is 0 Å². The lowest BCUT2D eigenvalue weighted by molar-refractivity contribution is -0.000979. The van der Waals surface area contributed by atoms with Crippen LogP contribution in [0.2, 0.25) is 0 Å². The van der Waals surface area contributed by atoms with E-state index in [1.54, 1.807) is 0 Å². The predicted octanol–water partition coefficient (Wildman–Crippen LogP) is 2.14. The topological polar surface area (TPSA) is 35.5 Å². The molecule has 0 aromatic carbocycles. The Morgan fingerprint density at radius 3 is 2.44 bits per heavy atom. The summed E-state index contributed by atoms with van der Waals surface area (Å²) in [7, 11) is 0. The Labute approximate surface area is 112 Å². The molecule has 0 radical (unpaired) electrons. The third-order valence-corrected chi connectivity index (χ3v) is 4.63. The molecule has 2 N–H and O–H groups in total. The van der Waals surface area contributed by atoms with Gasteiger partial charge < -0.3 is 10.4 Å². The summed E-state index contributed by atoms with van der Waals surface area (Å²) < 4.78 is 0. The van der Waals surface area contributed by atoms with Crippen LogP contribution in [-0.4, -0.2) is 47.3 Å². The molecule has 0 bridgehead atoms. The maximum atomic E-state index is 10.3. The summed E-state index contributed by atoms with van der Waals surface area (Å²) in [5.74, 6) is 0. The van der Waals surface area contributed by atoms with Gasteiger partial charge in [0.1, 0.15) is 0 Å². The molecule has 3 nitrogen and oxygen atoms in total. The van der Waals surface area contributed by atoms with Crippen molar-refractivity contribution in [2.45, 2.75) is 83.0 Å². The van der Waals surface area contributed by atoms with E-state index in [-0.39, 0.29) is 6.10 Å². The Bertz CT molecular complexity index is 239. The second-order valence-corrected chi connectivity index (χ2v) is 6.36. The van der Waals surface area contributed by atoms with Gasteiger partial charge in [-0.15, -0.1) is 0 Å². The van der Waals surface area contributed by atoms with E-state index in [1.807, 2.05) is 0 Å². The molecule has 3 atom stereocenters. The summed E-state index contributed by atoms with van der Waals surface area (Å²) in [6.07, 6.45) is 8.52. The Kier molecular flexibility index (Phi) is 5.46. The van der Waals surface area contributed by atoms with Gasteiger partial charge in [-0.1, -0.05) is 19.3 Å². The highest BCUT2D eigenvalue weighted by Crippen LogP contribution is 2.25. The zero-order valence-corrected chi connectivity index (χ0v) is 12.1. The van der Waals surface area contributed by atoms with Crippen molar-refractivity contribution in [2.75, 3.05) is 13.1 Å². The van der Waals surface area contributed by atoms with Crippen LogP contribution >= 0.6 is 0 Å². The molecule has 2 aliphatic rings. The molecule has 2 rings (SSSR count). The first-order valence-electron chi connectivity index (χ1n) is 7.85. The van der Waals surface area contributed by atoms with Gasteiger partial charge in [-0.25, -0.2) is 0 Å². The quantitative estimate of drug-likeness (QED) is 0.807. The normalized spacial score (nSPS) is 34.2. The highest BCUT2D eigenvalue weighted by molar-refractivity contribution is 4.88. The van der Waals surface area contributed by atoms with Crippen molar-refractivity contribution < 1.29 is 5.11 Å². The Morgan fingerprint density at radius 1 is 1.11 bits per heavy atom. The van der Waals surface area contributed by atoms with Gasteiger partial charge in [0.05, 0.1) is 6.10 Å². The van der Waals surface area contributed by atoms with Gasteiger partial charge in [-0.2, -0.15) is 0 Å². The van der Waals surface area contributed by atoms with Crippen molar-refractivity contribution in [1.29, 1.82) is 0 Å². The molecule has 3 unspecified atom stereocenters. The van der Waals surface area contributed by atoms with E-state index in [9.17, 15) is 5.11 Å². The summed E-state index contributed by atoms with van der Waals surface area (Å²) in [6, 6.07) is 1.56. The molecule has 0 aromatic rings. The smallest absolute Gasteiger partial charge is 0.0695 e. The highest BCUT2D eigenvalue weighted by atomic mass is 16.3. The summed E-state index contributed by atoms with van der Waals surface area (Å²) in [4.78, 5) is 2.55. The number of piperidine rings is 1. The molecule has 0 amide bonds. The van der Waals surface area contributed by atoms with Crippen molar-refractivity contribution in [3.8, 4) is 0 Å². The fourth-order valence-corrected chi connectivity index (χ4v) is 3.54. The Hall–Kier alpha value is -0.120.